The Morgan fingerprint density at radius 2 is 1.75 bits per heavy atom. The van der Waals surface area contributed by atoms with Gasteiger partial charge in [0.15, 0.2) is 0 Å². The van der Waals surface area contributed by atoms with Crippen molar-refractivity contribution in [3.05, 3.63) is 59.1 Å². The van der Waals surface area contributed by atoms with Crippen LogP contribution >= 0.6 is 11.6 Å². The third-order valence-corrected chi connectivity index (χ3v) is 3.02. The molecule has 0 spiro atoms. The molecule has 0 radical (unpaired) electrons. The maximum Gasteiger partial charge on any atom is 0.323 e. The Labute approximate surface area is 122 Å². The summed E-state index contributed by atoms with van der Waals surface area (Å²) in [5.74, 6) is 0. The van der Waals surface area contributed by atoms with E-state index in [4.69, 9.17) is 17.3 Å². The van der Waals surface area contributed by atoms with E-state index in [1.807, 2.05) is 31.2 Å². The van der Waals surface area contributed by atoms with Crippen molar-refractivity contribution in [2.24, 2.45) is 5.73 Å². The maximum atomic E-state index is 11.9. The summed E-state index contributed by atoms with van der Waals surface area (Å²) in [6.07, 6.45) is 0. The number of amides is 2. The van der Waals surface area contributed by atoms with Gasteiger partial charge in [-0.15, -0.1) is 0 Å². The summed E-state index contributed by atoms with van der Waals surface area (Å²) < 4.78 is 0. The minimum atomic E-state index is -0.311. The number of benzene rings is 2. The highest BCUT2D eigenvalue weighted by Crippen LogP contribution is 2.17. The van der Waals surface area contributed by atoms with E-state index in [2.05, 4.69) is 10.6 Å². The second-order valence-corrected chi connectivity index (χ2v) is 4.94. The first kappa shape index (κ1) is 14.4. The molecule has 0 aliphatic rings. The van der Waals surface area contributed by atoms with Crippen molar-refractivity contribution in [2.75, 3.05) is 10.6 Å². The molecule has 4 N–H and O–H groups in total. The lowest BCUT2D eigenvalue weighted by atomic mass is 10.1. The van der Waals surface area contributed by atoms with Gasteiger partial charge in [-0.05, 0) is 48.9 Å². The highest BCUT2D eigenvalue weighted by atomic mass is 35.5. The molecule has 1 atom stereocenters. The van der Waals surface area contributed by atoms with E-state index in [0.717, 1.165) is 5.56 Å². The van der Waals surface area contributed by atoms with Crippen LogP contribution in [-0.4, -0.2) is 6.03 Å². The first-order valence-corrected chi connectivity index (χ1v) is 6.61. The Morgan fingerprint density at radius 3 is 2.40 bits per heavy atom. The van der Waals surface area contributed by atoms with Crippen molar-refractivity contribution >= 4 is 29.0 Å². The Balaban J connectivity index is 2.01. The Hall–Kier alpha value is -2.04. The molecule has 0 aliphatic carbocycles. The van der Waals surface area contributed by atoms with E-state index in [1.165, 1.54) is 0 Å². The first-order chi connectivity index (χ1) is 9.54. The summed E-state index contributed by atoms with van der Waals surface area (Å²) in [6.45, 7) is 1.90. The molecule has 0 saturated heterocycles. The molecule has 2 aromatic rings. The van der Waals surface area contributed by atoms with Gasteiger partial charge in [0.25, 0.3) is 0 Å². The van der Waals surface area contributed by atoms with Crippen LogP contribution in [0.25, 0.3) is 0 Å². The summed E-state index contributed by atoms with van der Waals surface area (Å²) in [4.78, 5) is 11.9. The van der Waals surface area contributed by atoms with E-state index in [9.17, 15) is 4.79 Å². The lowest BCUT2D eigenvalue weighted by Crippen LogP contribution is -2.19. The summed E-state index contributed by atoms with van der Waals surface area (Å²) in [5.41, 5.74) is 8.15. The average molecular weight is 290 g/mol. The number of carbonyl (C=O) groups is 1. The lowest BCUT2D eigenvalue weighted by molar-refractivity contribution is 0.262. The monoisotopic (exact) mass is 289 g/mol. The average Bonchev–Trinajstić information content (AvgIpc) is 2.41. The number of hydrogen-bond donors (Lipinski definition) is 3. The molecule has 0 saturated carbocycles. The highest BCUT2D eigenvalue weighted by Gasteiger charge is 2.05. The summed E-state index contributed by atoms with van der Waals surface area (Å²) in [6, 6.07) is 14.0. The molecule has 0 fully saturated rings. The van der Waals surface area contributed by atoms with Gasteiger partial charge in [0.1, 0.15) is 0 Å². The zero-order valence-electron chi connectivity index (χ0n) is 11.1. The van der Waals surface area contributed by atoms with Crippen LogP contribution in [0.5, 0.6) is 0 Å². The van der Waals surface area contributed by atoms with Crippen LogP contribution in [0.3, 0.4) is 0 Å². The minimum Gasteiger partial charge on any atom is -0.324 e. The molecule has 20 heavy (non-hydrogen) atoms. The number of nitrogens with two attached hydrogens (primary N) is 1. The van der Waals surface area contributed by atoms with Crippen LogP contribution in [0.2, 0.25) is 5.02 Å². The van der Waals surface area contributed by atoms with E-state index in [0.29, 0.717) is 16.4 Å². The van der Waals surface area contributed by atoms with Crippen LogP contribution in [0.15, 0.2) is 48.5 Å². The summed E-state index contributed by atoms with van der Waals surface area (Å²) in [7, 11) is 0. The largest absolute Gasteiger partial charge is 0.324 e. The highest BCUT2D eigenvalue weighted by molar-refractivity contribution is 6.30. The van der Waals surface area contributed by atoms with Gasteiger partial charge >= 0.3 is 6.03 Å². The van der Waals surface area contributed by atoms with Crippen molar-refractivity contribution in [3.63, 3.8) is 0 Å². The van der Waals surface area contributed by atoms with Crippen molar-refractivity contribution in [1.82, 2.24) is 0 Å². The lowest BCUT2D eigenvalue weighted by Gasteiger charge is -2.10. The zero-order chi connectivity index (χ0) is 14.5. The summed E-state index contributed by atoms with van der Waals surface area (Å²) >= 11 is 5.78. The molecule has 2 amide bonds. The number of carbonyl (C=O) groups excluding carboxylic acids is 1. The molecular weight excluding hydrogens is 274 g/mol. The molecule has 0 aromatic heterocycles. The maximum absolute atomic E-state index is 11.9. The van der Waals surface area contributed by atoms with Gasteiger partial charge in [-0.2, -0.15) is 0 Å². The molecule has 5 heteroatoms. The fourth-order valence-electron chi connectivity index (χ4n) is 1.73. The fourth-order valence-corrected chi connectivity index (χ4v) is 1.85. The van der Waals surface area contributed by atoms with Crippen molar-refractivity contribution in [2.45, 2.75) is 13.0 Å². The number of nitrogens with one attached hydrogen (secondary N) is 2. The molecule has 2 rings (SSSR count). The van der Waals surface area contributed by atoms with Crippen molar-refractivity contribution < 1.29 is 4.79 Å². The van der Waals surface area contributed by atoms with Gasteiger partial charge in [-0.25, -0.2) is 4.79 Å². The van der Waals surface area contributed by atoms with Crippen LogP contribution in [0.1, 0.15) is 18.5 Å². The van der Waals surface area contributed by atoms with E-state index < -0.39 is 0 Å². The molecule has 0 heterocycles. The number of anilines is 2. The number of urea groups is 1. The Morgan fingerprint density at radius 1 is 1.10 bits per heavy atom. The second kappa shape index (κ2) is 6.41. The van der Waals surface area contributed by atoms with Gasteiger partial charge in [-0.1, -0.05) is 23.7 Å². The smallest absolute Gasteiger partial charge is 0.323 e. The van der Waals surface area contributed by atoms with E-state index >= 15 is 0 Å². The first-order valence-electron chi connectivity index (χ1n) is 6.24. The predicted molar refractivity (Wildman–Crippen MR) is 83.1 cm³/mol. The van der Waals surface area contributed by atoms with Crippen LogP contribution in [0, 0.1) is 0 Å². The normalized spacial score (nSPS) is 11.8. The van der Waals surface area contributed by atoms with Gasteiger partial charge in [-0.3, -0.25) is 0 Å². The van der Waals surface area contributed by atoms with E-state index in [1.54, 1.807) is 24.3 Å². The number of rotatable bonds is 3. The van der Waals surface area contributed by atoms with Crippen molar-refractivity contribution in [3.8, 4) is 0 Å². The molecule has 2 aromatic carbocycles. The summed E-state index contributed by atoms with van der Waals surface area (Å²) in [5, 5.41) is 6.11. The standard InChI is InChI=1S/C15H16ClN3O/c1-10(17)11-3-2-4-14(9-11)19-15(20)18-13-7-5-12(16)6-8-13/h2-10H,17H2,1H3,(H2,18,19,20). The zero-order valence-corrected chi connectivity index (χ0v) is 11.8. The minimum absolute atomic E-state index is 0.0731. The van der Waals surface area contributed by atoms with Crippen LogP contribution < -0.4 is 16.4 Å². The third-order valence-electron chi connectivity index (χ3n) is 2.77. The van der Waals surface area contributed by atoms with Crippen LogP contribution in [0.4, 0.5) is 16.2 Å². The SMILES string of the molecule is CC(N)c1cccc(NC(=O)Nc2ccc(Cl)cc2)c1. The van der Waals surface area contributed by atoms with Gasteiger partial charge in [0.2, 0.25) is 0 Å². The fraction of sp³-hybridized carbons (Fsp3) is 0.133. The Kier molecular flexibility index (Phi) is 4.61. The third kappa shape index (κ3) is 3.98. The molecular formula is C15H16ClN3O. The van der Waals surface area contributed by atoms with Crippen molar-refractivity contribution in [1.29, 1.82) is 0 Å². The molecule has 1 unspecified atom stereocenters. The van der Waals surface area contributed by atoms with E-state index in [-0.39, 0.29) is 12.1 Å². The second-order valence-electron chi connectivity index (χ2n) is 4.50. The number of halogens is 1. The quantitative estimate of drug-likeness (QED) is 0.799. The number of hydrogen-bond acceptors (Lipinski definition) is 2. The van der Waals surface area contributed by atoms with Gasteiger partial charge < -0.3 is 16.4 Å². The molecule has 0 aliphatic heterocycles. The van der Waals surface area contributed by atoms with Gasteiger partial charge in [0, 0.05) is 22.4 Å². The molecule has 104 valence electrons. The predicted octanol–water partition coefficient (Wildman–Crippen LogP) is 4.00. The molecule has 0 bridgehead atoms. The van der Waals surface area contributed by atoms with Gasteiger partial charge in [0.05, 0.1) is 0 Å². The Bertz CT molecular complexity index is 596. The topological polar surface area (TPSA) is 67.1 Å². The molecule has 4 nitrogen and oxygen atoms in total. The van der Waals surface area contributed by atoms with Crippen LogP contribution in [-0.2, 0) is 0 Å².